The Morgan fingerprint density at radius 2 is 2.05 bits per heavy atom. The lowest BCUT2D eigenvalue weighted by Crippen LogP contribution is -2.34. The zero-order valence-corrected chi connectivity index (χ0v) is 12.1. The van der Waals surface area contributed by atoms with Gasteiger partial charge in [-0.2, -0.15) is 0 Å². The van der Waals surface area contributed by atoms with Crippen LogP contribution in [-0.4, -0.2) is 25.3 Å². The zero-order valence-electron chi connectivity index (χ0n) is 12.1. The summed E-state index contributed by atoms with van der Waals surface area (Å²) in [7, 11) is 1.75. The van der Waals surface area contributed by atoms with Crippen molar-refractivity contribution in [3.8, 4) is 0 Å². The monoisotopic (exact) mass is 262 g/mol. The van der Waals surface area contributed by atoms with Gasteiger partial charge in [-0.3, -0.25) is 4.90 Å². The Kier molecular flexibility index (Phi) is 3.80. The van der Waals surface area contributed by atoms with Crippen LogP contribution in [0, 0.1) is 0 Å². The predicted molar refractivity (Wildman–Crippen MR) is 76.5 cm³/mol. The lowest BCUT2D eigenvalue weighted by atomic mass is 10.0. The molecule has 0 aromatic heterocycles. The quantitative estimate of drug-likeness (QED) is 0.846. The van der Waals surface area contributed by atoms with Crippen LogP contribution in [0.25, 0.3) is 0 Å². The number of ether oxygens (including phenoxy) is 1. The molecule has 0 unspecified atom stereocenters. The number of fused-ring (bicyclic) bond motifs is 1. The molecule has 1 aliphatic rings. The van der Waals surface area contributed by atoms with Gasteiger partial charge < -0.3 is 10.1 Å². The molecule has 1 amide bonds. The molecule has 0 fully saturated rings. The molecule has 2 rings (SSSR count). The third kappa shape index (κ3) is 3.47. The van der Waals surface area contributed by atoms with Crippen LogP contribution < -0.4 is 10.2 Å². The second-order valence-electron chi connectivity index (χ2n) is 5.92. The second-order valence-corrected chi connectivity index (χ2v) is 5.92. The van der Waals surface area contributed by atoms with Crippen LogP contribution in [0.1, 0.15) is 31.9 Å². The number of nitrogens with zero attached hydrogens (tertiary/aromatic N) is 1. The summed E-state index contributed by atoms with van der Waals surface area (Å²) in [5.41, 5.74) is 3.04. The van der Waals surface area contributed by atoms with E-state index in [1.807, 2.05) is 26.8 Å². The maximum absolute atomic E-state index is 12.0. The van der Waals surface area contributed by atoms with Crippen molar-refractivity contribution in [2.45, 2.75) is 39.3 Å². The number of hydrogen-bond acceptors (Lipinski definition) is 3. The van der Waals surface area contributed by atoms with E-state index >= 15 is 0 Å². The summed E-state index contributed by atoms with van der Waals surface area (Å²) in [5.74, 6) is 0. The van der Waals surface area contributed by atoms with Crippen molar-refractivity contribution in [1.29, 1.82) is 0 Å². The number of carbonyl (C=O) groups is 1. The highest BCUT2D eigenvalue weighted by molar-refractivity contribution is 5.87. The number of anilines is 1. The van der Waals surface area contributed by atoms with Gasteiger partial charge in [-0.25, -0.2) is 4.79 Å². The molecule has 19 heavy (non-hydrogen) atoms. The van der Waals surface area contributed by atoms with Crippen LogP contribution >= 0.6 is 0 Å². The fraction of sp³-hybridized carbons (Fsp3) is 0.533. The molecule has 0 atom stereocenters. The number of nitrogens with one attached hydrogen (secondary N) is 1. The first-order valence-corrected chi connectivity index (χ1v) is 6.66. The summed E-state index contributed by atoms with van der Waals surface area (Å²) in [6.07, 6.45) is 0.687. The summed E-state index contributed by atoms with van der Waals surface area (Å²) in [4.78, 5) is 13.6. The van der Waals surface area contributed by atoms with Crippen molar-refractivity contribution in [2.24, 2.45) is 0 Å². The molecule has 1 aliphatic heterocycles. The minimum atomic E-state index is -0.469. The Bertz CT molecular complexity index is 478. The third-order valence-electron chi connectivity index (χ3n) is 3.13. The van der Waals surface area contributed by atoms with E-state index in [-0.39, 0.29) is 6.09 Å². The Hall–Kier alpha value is -1.55. The first-order chi connectivity index (χ1) is 8.87. The molecular weight excluding hydrogens is 240 g/mol. The topological polar surface area (TPSA) is 41.6 Å². The molecule has 0 spiro atoms. The highest BCUT2D eigenvalue weighted by atomic mass is 16.6. The van der Waals surface area contributed by atoms with Crippen LogP contribution in [-0.2, 0) is 17.7 Å². The van der Waals surface area contributed by atoms with Gasteiger partial charge in [-0.15, -0.1) is 0 Å². The Morgan fingerprint density at radius 3 is 2.74 bits per heavy atom. The van der Waals surface area contributed by atoms with Gasteiger partial charge in [0, 0.05) is 19.3 Å². The number of rotatable bonds is 1. The van der Waals surface area contributed by atoms with E-state index in [2.05, 4.69) is 17.4 Å². The summed E-state index contributed by atoms with van der Waals surface area (Å²) >= 11 is 0. The van der Waals surface area contributed by atoms with Gasteiger partial charge in [0.25, 0.3) is 0 Å². The van der Waals surface area contributed by atoms with Gasteiger partial charge in [0.05, 0.1) is 0 Å². The van der Waals surface area contributed by atoms with Crippen LogP contribution in [0.3, 0.4) is 0 Å². The van der Waals surface area contributed by atoms with Crippen molar-refractivity contribution < 1.29 is 9.53 Å². The van der Waals surface area contributed by atoms with Crippen LogP contribution in [0.15, 0.2) is 18.2 Å². The molecule has 104 valence electrons. The highest BCUT2D eigenvalue weighted by Crippen LogP contribution is 2.22. The Balaban J connectivity index is 2.15. The van der Waals surface area contributed by atoms with Crippen LogP contribution in [0.5, 0.6) is 0 Å². The number of benzene rings is 1. The van der Waals surface area contributed by atoms with Gasteiger partial charge in [-0.1, -0.05) is 6.07 Å². The largest absolute Gasteiger partial charge is 0.443 e. The average Bonchev–Trinajstić information content (AvgIpc) is 2.35. The van der Waals surface area contributed by atoms with Gasteiger partial charge in [0.15, 0.2) is 0 Å². The third-order valence-corrected chi connectivity index (χ3v) is 3.13. The molecule has 1 aromatic carbocycles. The molecule has 4 heteroatoms. The van der Waals surface area contributed by atoms with Crippen LogP contribution in [0.4, 0.5) is 10.5 Å². The van der Waals surface area contributed by atoms with Crippen molar-refractivity contribution in [2.75, 3.05) is 18.5 Å². The molecule has 1 heterocycles. The minimum Gasteiger partial charge on any atom is -0.443 e. The van der Waals surface area contributed by atoms with E-state index in [9.17, 15) is 4.79 Å². The summed E-state index contributed by atoms with van der Waals surface area (Å²) in [6.45, 7) is 7.52. The standard InChI is InChI=1S/C15H22N2O2/c1-15(2,3)19-14(18)17(4)13-6-5-12-10-16-8-7-11(12)9-13/h5-6,9,16H,7-8,10H2,1-4H3. The van der Waals surface area contributed by atoms with Crippen molar-refractivity contribution >= 4 is 11.8 Å². The normalized spacial score (nSPS) is 14.7. The van der Waals surface area contributed by atoms with Crippen molar-refractivity contribution in [3.05, 3.63) is 29.3 Å². The second kappa shape index (κ2) is 5.21. The van der Waals surface area contributed by atoms with E-state index in [1.165, 1.54) is 11.1 Å². The molecule has 1 N–H and O–H groups in total. The fourth-order valence-electron chi connectivity index (χ4n) is 2.11. The predicted octanol–water partition coefficient (Wildman–Crippen LogP) is 2.70. The van der Waals surface area contributed by atoms with Gasteiger partial charge >= 0.3 is 6.09 Å². The Labute approximate surface area is 114 Å². The van der Waals surface area contributed by atoms with E-state index in [1.54, 1.807) is 11.9 Å². The van der Waals surface area contributed by atoms with Gasteiger partial charge in [0.2, 0.25) is 0 Å². The maximum Gasteiger partial charge on any atom is 0.414 e. The van der Waals surface area contributed by atoms with Crippen LogP contribution in [0.2, 0.25) is 0 Å². The summed E-state index contributed by atoms with van der Waals surface area (Å²) in [5, 5.41) is 3.34. The lowest BCUT2D eigenvalue weighted by molar-refractivity contribution is 0.0589. The molecule has 4 nitrogen and oxygen atoms in total. The first kappa shape index (κ1) is 13.9. The maximum atomic E-state index is 12.0. The molecule has 0 aliphatic carbocycles. The van der Waals surface area contributed by atoms with E-state index in [0.29, 0.717) is 0 Å². The fourth-order valence-corrected chi connectivity index (χ4v) is 2.11. The summed E-state index contributed by atoms with van der Waals surface area (Å²) in [6, 6.07) is 6.13. The van der Waals surface area contributed by atoms with Gasteiger partial charge in [-0.05, 0) is 57.0 Å². The van der Waals surface area contributed by atoms with E-state index < -0.39 is 5.60 Å². The molecule has 0 radical (unpaired) electrons. The molecule has 0 saturated heterocycles. The molecule has 1 aromatic rings. The van der Waals surface area contributed by atoms with Gasteiger partial charge in [0.1, 0.15) is 5.60 Å². The average molecular weight is 262 g/mol. The number of hydrogen-bond donors (Lipinski definition) is 1. The first-order valence-electron chi connectivity index (χ1n) is 6.66. The SMILES string of the molecule is CN(C(=O)OC(C)(C)C)c1ccc2c(c1)CCNC2. The zero-order chi connectivity index (χ0) is 14.0. The summed E-state index contributed by atoms with van der Waals surface area (Å²) < 4.78 is 5.37. The molecule has 0 bridgehead atoms. The molecular formula is C15H22N2O2. The number of carbonyl (C=O) groups excluding carboxylic acids is 1. The van der Waals surface area contributed by atoms with Crippen molar-refractivity contribution in [1.82, 2.24) is 5.32 Å². The van der Waals surface area contributed by atoms with Crippen molar-refractivity contribution in [3.63, 3.8) is 0 Å². The molecule has 0 saturated carbocycles. The lowest BCUT2D eigenvalue weighted by Gasteiger charge is -2.26. The minimum absolute atomic E-state index is 0.318. The number of amides is 1. The van der Waals surface area contributed by atoms with E-state index in [0.717, 1.165) is 25.2 Å². The highest BCUT2D eigenvalue weighted by Gasteiger charge is 2.21. The van der Waals surface area contributed by atoms with E-state index in [4.69, 9.17) is 4.74 Å². The Morgan fingerprint density at radius 1 is 1.32 bits per heavy atom. The smallest absolute Gasteiger partial charge is 0.414 e.